The lowest BCUT2D eigenvalue weighted by atomic mass is 10.1. The van der Waals surface area contributed by atoms with Gasteiger partial charge in [0.25, 0.3) is 0 Å². The van der Waals surface area contributed by atoms with E-state index in [2.05, 4.69) is 12.1 Å². The summed E-state index contributed by atoms with van der Waals surface area (Å²) in [6, 6.07) is 17.8. The molecule has 8 heteroatoms. The molecule has 0 fully saturated rings. The maximum atomic E-state index is 5.78. The average Bonchev–Trinajstić information content (AvgIpc) is 3.48. The van der Waals surface area contributed by atoms with E-state index in [1.165, 1.54) is 11.3 Å². The van der Waals surface area contributed by atoms with E-state index < -0.39 is 0 Å². The highest BCUT2D eigenvalue weighted by Crippen LogP contribution is 2.41. The Kier molecular flexibility index (Phi) is 7.18. The van der Waals surface area contributed by atoms with E-state index in [1.54, 1.807) is 21.3 Å². The number of aromatic nitrogens is 1. The molecular formula is C26H27N3O4S. The summed E-state index contributed by atoms with van der Waals surface area (Å²) in [6.07, 6.45) is 0. The first-order valence-electron chi connectivity index (χ1n) is 10.7. The Morgan fingerprint density at radius 2 is 1.68 bits per heavy atom. The van der Waals surface area contributed by atoms with Gasteiger partial charge in [-0.2, -0.15) is 5.10 Å². The number of hydrogen-bond donors (Lipinski definition) is 0. The topological polar surface area (TPSA) is 70.5 Å². The van der Waals surface area contributed by atoms with Crippen LogP contribution in [0.2, 0.25) is 0 Å². The Bertz CT molecular complexity index is 1340. The molecule has 0 N–H and O–H groups in total. The highest BCUT2D eigenvalue weighted by atomic mass is 32.1. The van der Waals surface area contributed by atoms with Crippen molar-refractivity contribution in [1.29, 1.82) is 0 Å². The van der Waals surface area contributed by atoms with Crippen LogP contribution in [-0.4, -0.2) is 31.7 Å². The first kappa shape index (κ1) is 23.4. The number of methoxy groups -OCH3 is 3. The largest absolute Gasteiger partial charge is 0.493 e. The van der Waals surface area contributed by atoms with Gasteiger partial charge in [-0.15, -0.1) is 11.3 Å². The fourth-order valence-electron chi connectivity index (χ4n) is 3.50. The monoisotopic (exact) mass is 477 g/mol. The summed E-state index contributed by atoms with van der Waals surface area (Å²) in [4.78, 5) is 5.61. The minimum Gasteiger partial charge on any atom is -0.493 e. The maximum Gasteiger partial charge on any atom is 0.206 e. The fraction of sp³-hybridized carbons (Fsp3) is 0.231. The van der Waals surface area contributed by atoms with E-state index in [0.717, 1.165) is 33.1 Å². The fourth-order valence-corrected chi connectivity index (χ4v) is 4.33. The molecule has 2 aromatic heterocycles. The molecule has 0 aliphatic heterocycles. The third kappa shape index (κ3) is 4.92. The molecule has 34 heavy (non-hydrogen) atoms. The molecule has 0 aliphatic carbocycles. The molecule has 4 aromatic rings. The van der Waals surface area contributed by atoms with E-state index in [1.807, 2.05) is 66.4 Å². The standard InChI is InChI=1S/C26H27N3O4S/c1-17-11-12-22(33-17)18(2)28-29-21(16-34-26(29)27-15-19-9-7-6-8-10-19)20-13-23(30-3)25(32-5)24(14-20)31-4/h6-14,16H,15H2,1-5H3. The molecule has 4 rings (SSSR count). The molecule has 0 atom stereocenters. The second-order valence-corrected chi connectivity index (χ2v) is 8.36. The Morgan fingerprint density at radius 3 is 2.26 bits per heavy atom. The lowest BCUT2D eigenvalue weighted by Gasteiger charge is -2.14. The highest BCUT2D eigenvalue weighted by Gasteiger charge is 2.17. The van der Waals surface area contributed by atoms with Crippen molar-refractivity contribution < 1.29 is 18.6 Å². The van der Waals surface area contributed by atoms with Crippen LogP contribution in [-0.2, 0) is 6.54 Å². The molecule has 0 bridgehead atoms. The third-order valence-electron chi connectivity index (χ3n) is 5.23. The van der Waals surface area contributed by atoms with Crippen LogP contribution < -0.4 is 19.0 Å². The second-order valence-electron chi connectivity index (χ2n) is 7.53. The molecule has 0 amide bonds. The minimum absolute atomic E-state index is 0.537. The molecular weight excluding hydrogens is 450 g/mol. The van der Waals surface area contributed by atoms with Crippen LogP contribution >= 0.6 is 11.3 Å². The average molecular weight is 478 g/mol. The van der Waals surface area contributed by atoms with Gasteiger partial charge < -0.3 is 18.6 Å². The zero-order chi connectivity index (χ0) is 24.1. The van der Waals surface area contributed by atoms with E-state index in [4.69, 9.17) is 28.7 Å². The van der Waals surface area contributed by atoms with Crippen molar-refractivity contribution in [2.24, 2.45) is 10.1 Å². The van der Waals surface area contributed by atoms with Crippen LogP contribution in [0.5, 0.6) is 17.2 Å². The zero-order valence-electron chi connectivity index (χ0n) is 19.9. The van der Waals surface area contributed by atoms with Crippen molar-refractivity contribution in [2.45, 2.75) is 20.4 Å². The van der Waals surface area contributed by atoms with Crippen molar-refractivity contribution in [2.75, 3.05) is 21.3 Å². The van der Waals surface area contributed by atoms with Crippen LogP contribution in [0.4, 0.5) is 0 Å². The van der Waals surface area contributed by atoms with Crippen molar-refractivity contribution in [3.63, 3.8) is 0 Å². The molecule has 0 saturated carbocycles. The summed E-state index contributed by atoms with van der Waals surface area (Å²) < 4.78 is 24.2. The van der Waals surface area contributed by atoms with Gasteiger partial charge in [-0.25, -0.2) is 4.68 Å². The number of benzene rings is 2. The van der Waals surface area contributed by atoms with Crippen molar-refractivity contribution in [1.82, 2.24) is 4.68 Å². The summed E-state index contributed by atoms with van der Waals surface area (Å²) in [5.74, 6) is 3.22. The summed E-state index contributed by atoms with van der Waals surface area (Å²) in [7, 11) is 4.79. The van der Waals surface area contributed by atoms with Gasteiger partial charge in [0.2, 0.25) is 10.6 Å². The lowest BCUT2D eigenvalue weighted by Crippen LogP contribution is -2.14. The van der Waals surface area contributed by atoms with E-state index in [0.29, 0.717) is 29.6 Å². The first-order valence-corrected chi connectivity index (χ1v) is 11.6. The predicted octanol–water partition coefficient (Wildman–Crippen LogP) is 5.52. The van der Waals surface area contributed by atoms with Crippen molar-refractivity contribution in [3.05, 3.63) is 81.9 Å². The SMILES string of the molecule is COc1cc(-c2csc(=NCc3ccccc3)n2N=C(C)c2ccc(C)o2)cc(OC)c1OC. The van der Waals surface area contributed by atoms with Gasteiger partial charge >= 0.3 is 0 Å². The van der Waals surface area contributed by atoms with Crippen molar-refractivity contribution in [3.8, 4) is 28.5 Å². The van der Waals surface area contributed by atoms with E-state index >= 15 is 0 Å². The summed E-state index contributed by atoms with van der Waals surface area (Å²) >= 11 is 1.52. The lowest BCUT2D eigenvalue weighted by molar-refractivity contribution is 0.324. The third-order valence-corrected chi connectivity index (χ3v) is 6.09. The molecule has 0 aliphatic rings. The summed E-state index contributed by atoms with van der Waals surface area (Å²) in [6.45, 7) is 4.38. The van der Waals surface area contributed by atoms with Crippen LogP contribution in [0.1, 0.15) is 24.0 Å². The molecule has 0 spiro atoms. The van der Waals surface area contributed by atoms with Crippen molar-refractivity contribution >= 4 is 17.0 Å². The molecule has 0 unspecified atom stereocenters. The molecule has 2 aromatic carbocycles. The molecule has 0 radical (unpaired) electrons. The number of ether oxygens (including phenoxy) is 3. The van der Waals surface area contributed by atoms with Gasteiger partial charge in [0.15, 0.2) is 11.5 Å². The predicted molar refractivity (Wildman–Crippen MR) is 134 cm³/mol. The Balaban J connectivity index is 1.87. The Morgan fingerprint density at radius 1 is 0.971 bits per heavy atom. The van der Waals surface area contributed by atoms with Gasteiger partial charge in [0, 0.05) is 10.9 Å². The molecule has 7 nitrogen and oxygen atoms in total. The van der Waals surface area contributed by atoms with Crippen LogP contribution in [0, 0.1) is 6.92 Å². The number of aryl methyl sites for hydroxylation is 1. The molecule has 2 heterocycles. The quantitative estimate of drug-likeness (QED) is 0.314. The number of rotatable bonds is 8. The number of furan rings is 1. The minimum atomic E-state index is 0.537. The van der Waals surface area contributed by atoms with Crippen LogP contribution in [0.3, 0.4) is 0 Å². The van der Waals surface area contributed by atoms with Gasteiger partial charge in [-0.3, -0.25) is 4.99 Å². The second kappa shape index (κ2) is 10.4. The summed E-state index contributed by atoms with van der Waals surface area (Å²) in [5, 5.41) is 6.91. The van der Waals surface area contributed by atoms with Gasteiger partial charge in [0.05, 0.1) is 33.6 Å². The first-order chi connectivity index (χ1) is 16.5. The molecule has 176 valence electrons. The van der Waals surface area contributed by atoms with Gasteiger partial charge in [0.1, 0.15) is 17.2 Å². The maximum absolute atomic E-state index is 5.78. The molecule has 0 saturated heterocycles. The normalized spacial score (nSPS) is 12.1. The zero-order valence-corrected chi connectivity index (χ0v) is 20.7. The van der Waals surface area contributed by atoms with Crippen LogP contribution in [0.15, 0.2) is 74.5 Å². The van der Waals surface area contributed by atoms with E-state index in [9.17, 15) is 0 Å². The smallest absolute Gasteiger partial charge is 0.206 e. The number of hydrogen-bond acceptors (Lipinski definition) is 7. The highest BCUT2D eigenvalue weighted by molar-refractivity contribution is 7.07. The number of thiazole rings is 1. The number of nitrogens with zero attached hydrogens (tertiary/aromatic N) is 3. The van der Waals surface area contributed by atoms with Crippen LogP contribution in [0.25, 0.3) is 11.3 Å². The van der Waals surface area contributed by atoms with Gasteiger partial charge in [-0.1, -0.05) is 30.3 Å². The summed E-state index contributed by atoms with van der Waals surface area (Å²) in [5.41, 5.74) is 3.57. The van der Waals surface area contributed by atoms with Gasteiger partial charge in [-0.05, 0) is 43.7 Å². The Labute approximate surface area is 202 Å². The van der Waals surface area contributed by atoms with E-state index in [-0.39, 0.29) is 0 Å². The Hall–Kier alpha value is -3.78.